The molecule has 1 fully saturated rings. The monoisotopic (exact) mass is 315 g/mol. The van der Waals surface area contributed by atoms with Gasteiger partial charge in [-0.05, 0) is 41.3 Å². The quantitative estimate of drug-likeness (QED) is 0.808. The molecule has 1 unspecified atom stereocenters. The molecule has 0 bridgehead atoms. The molecule has 0 aliphatic carbocycles. The number of rotatable bonds is 1. The third-order valence-electron chi connectivity index (χ3n) is 2.93. The summed E-state index contributed by atoms with van der Waals surface area (Å²) in [5, 5.41) is 5.94. The van der Waals surface area contributed by atoms with E-state index >= 15 is 0 Å². The third-order valence-corrected chi connectivity index (χ3v) is 3.80. The smallest absolute Gasteiger partial charge is 0.163 e. The second-order valence-corrected chi connectivity index (χ2v) is 5.21. The molecule has 4 nitrogen and oxygen atoms in total. The van der Waals surface area contributed by atoms with Crippen molar-refractivity contribution in [1.29, 1.82) is 0 Å². The maximum Gasteiger partial charge on any atom is 0.163 e. The highest BCUT2D eigenvalue weighted by molar-refractivity contribution is 9.10. The van der Waals surface area contributed by atoms with E-state index in [0.717, 1.165) is 41.5 Å². The van der Waals surface area contributed by atoms with Crippen LogP contribution in [0.2, 0.25) is 5.02 Å². The predicted molar refractivity (Wildman–Crippen MR) is 69.1 cm³/mol. The molecule has 6 heteroatoms. The Balaban J connectivity index is 2.13. The van der Waals surface area contributed by atoms with E-state index in [1.807, 2.05) is 4.68 Å². The summed E-state index contributed by atoms with van der Waals surface area (Å²) in [6.07, 6.45) is 4.91. The molecule has 1 aliphatic rings. The van der Waals surface area contributed by atoms with Gasteiger partial charge in [0, 0.05) is 12.8 Å². The van der Waals surface area contributed by atoms with Crippen LogP contribution in [0.4, 0.5) is 0 Å². The van der Waals surface area contributed by atoms with Crippen molar-refractivity contribution in [3.8, 4) is 0 Å². The SMILES string of the molecule is Clc1ccnc2c1c(Br)nn2C1CCCCO1. The first-order valence-corrected chi connectivity index (χ1v) is 6.74. The summed E-state index contributed by atoms with van der Waals surface area (Å²) in [5.74, 6) is 0. The second-order valence-electron chi connectivity index (χ2n) is 4.05. The van der Waals surface area contributed by atoms with E-state index in [2.05, 4.69) is 26.0 Å². The van der Waals surface area contributed by atoms with E-state index in [4.69, 9.17) is 16.3 Å². The summed E-state index contributed by atoms with van der Waals surface area (Å²) < 4.78 is 8.27. The lowest BCUT2D eigenvalue weighted by Crippen LogP contribution is -2.19. The van der Waals surface area contributed by atoms with Crippen LogP contribution in [-0.2, 0) is 4.74 Å². The highest BCUT2D eigenvalue weighted by atomic mass is 79.9. The lowest BCUT2D eigenvalue weighted by Gasteiger charge is -2.22. The van der Waals surface area contributed by atoms with Crippen molar-refractivity contribution in [2.45, 2.75) is 25.5 Å². The Kier molecular flexibility index (Phi) is 3.06. The average Bonchev–Trinajstić information content (AvgIpc) is 2.69. The van der Waals surface area contributed by atoms with Gasteiger partial charge in [-0.1, -0.05) is 11.6 Å². The van der Waals surface area contributed by atoms with Crippen molar-refractivity contribution in [3.63, 3.8) is 0 Å². The molecule has 3 heterocycles. The van der Waals surface area contributed by atoms with Gasteiger partial charge in [0.25, 0.3) is 0 Å². The maximum atomic E-state index is 6.15. The molecule has 0 amide bonds. The normalized spacial score (nSPS) is 20.9. The highest BCUT2D eigenvalue weighted by Crippen LogP contribution is 2.32. The van der Waals surface area contributed by atoms with E-state index in [9.17, 15) is 0 Å². The van der Waals surface area contributed by atoms with Crippen LogP contribution in [0.25, 0.3) is 11.0 Å². The molecule has 90 valence electrons. The van der Waals surface area contributed by atoms with Gasteiger partial charge in [0.1, 0.15) is 4.60 Å². The first kappa shape index (κ1) is 11.4. The summed E-state index contributed by atoms with van der Waals surface area (Å²) in [4.78, 5) is 4.34. The summed E-state index contributed by atoms with van der Waals surface area (Å²) in [7, 11) is 0. The molecule has 17 heavy (non-hydrogen) atoms. The van der Waals surface area contributed by atoms with Crippen molar-refractivity contribution >= 4 is 38.6 Å². The Bertz CT molecular complexity index is 551. The van der Waals surface area contributed by atoms with E-state index in [0.29, 0.717) is 5.02 Å². The van der Waals surface area contributed by atoms with Gasteiger partial charge in [-0.2, -0.15) is 5.10 Å². The Hall–Kier alpha value is -0.650. The van der Waals surface area contributed by atoms with Crippen molar-refractivity contribution < 1.29 is 4.74 Å². The zero-order chi connectivity index (χ0) is 11.8. The summed E-state index contributed by atoms with van der Waals surface area (Å²) >= 11 is 9.57. The molecular formula is C11H11BrClN3O. The zero-order valence-corrected chi connectivity index (χ0v) is 11.4. The Morgan fingerprint density at radius 2 is 2.35 bits per heavy atom. The van der Waals surface area contributed by atoms with Gasteiger partial charge in [-0.25, -0.2) is 9.67 Å². The number of halogens is 2. The van der Waals surface area contributed by atoms with Gasteiger partial charge in [0.2, 0.25) is 0 Å². The number of ether oxygens (including phenoxy) is 1. The first-order valence-electron chi connectivity index (χ1n) is 5.57. The number of aromatic nitrogens is 3. The highest BCUT2D eigenvalue weighted by Gasteiger charge is 2.22. The lowest BCUT2D eigenvalue weighted by atomic mass is 10.2. The van der Waals surface area contributed by atoms with Crippen LogP contribution in [0.3, 0.4) is 0 Å². The van der Waals surface area contributed by atoms with Gasteiger partial charge in [-0.15, -0.1) is 0 Å². The molecule has 1 aliphatic heterocycles. The minimum Gasteiger partial charge on any atom is -0.356 e. The standard InChI is InChI=1S/C11H11BrClN3O/c12-10-9-7(13)4-5-14-11(9)16(15-10)8-3-1-2-6-17-8/h4-5,8H,1-3,6H2. The molecule has 0 saturated carbocycles. The molecular weight excluding hydrogens is 305 g/mol. The third kappa shape index (κ3) is 1.96. The van der Waals surface area contributed by atoms with Crippen molar-refractivity contribution in [3.05, 3.63) is 21.9 Å². The van der Waals surface area contributed by atoms with E-state index in [-0.39, 0.29) is 6.23 Å². The second kappa shape index (κ2) is 4.55. The number of fused-ring (bicyclic) bond motifs is 1. The van der Waals surface area contributed by atoms with Crippen LogP contribution in [0.5, 0.6) is 0 Å². The van der Waals surface area contributed by atoms with Crippen molar-refractivity contribution in [1.82, 2.24) is 14.8 Å². The number of nitrogens with zero attached hydrogens (tertiary/aromatic N) is 3. The van der Waals surface area contributed by atoms with Crippen LogP contribution in [0.15, 0.2) is 16.9 Å². The van der Waals surface area contributed by atoms with Crippen LogP contribution >= 0.6 is 27.5 Å². The topological polar surface area (TPSA) is 39.9 Å². The Morgan fingerprint density at radius 3 is 3.12 bits per heavy atom. The first-order chi connectivity index (χ1) is 8.27. The van der Waals surface area contributed by atoms with Gasteiger partial charge in [-0.3, -0.25) is 0 Å². The molecule has 0 radical (unpaired) electrons. The van der Waals surface area contributed by atoms with E-state index in [1.54, 1.807) is 12.3 Å². The number of hydrogen-bond donors (Lipinski definition) is 0. The number of hydrogen-bond acceptors (Lipinski definition) is 3. The summed E-state index contributed by atoms with van der Waals surface area (Å²) in [6, 6.07) is 1.77. The Labute approximate surface area is 112 Å². The van der Waals surface area contributed by atoms with Gasteiger partial charge in [0.15, 0.2) is 11.9 Å². The minimum atomic E-state index is -0.0245. The average molecular weight is 317 g/mol. The van der Waals surface area contributed by atoms with Gasteiger partial charge >= 0.3 is 0 Å². The van der Waals surface area contributed by atoms with Crippen LogP contribution < -0.4 is 0 Å². The van der Waals surface area contributed by atoms with E-state index < -0.39 is 0 Å². The maximum absolute atomic E-state index is 6.15. The van der Waals surface area contributed by atoms with Crippen LogP contribution in [-0.4, -0.2) is 21.4 Å². The van der Waals surface area contributed by atoms with Crippen molar-refractivity contribution in [2.24, 2.45) is 0 Å². The van der Waals surface area contributed by atoms with Crippen molar-refractivity contribution in [2.75, 3.05) is 6.61 Å². The predicted octanol–water partition coefficient (Wildman–Crippen LogP) is 3.55. The summed E-state index contributed by atoms with van der Waals surface area (Å²) in [6.45, 7) is 0.782. The molecule has 0 N–H and O–H groups in total. The fourth-order valence-electron chi connectivity index (χ4n) is 2.10. The molecule has 2 aromatic heterocycles. The Morgan fingerprint density at radius 1 is 1.47 bits per heavy atom. The minimum absolute atomic E-state index is 0.0245. The lowest BCUT2D eigenvalue weighted by molar-refractivity contribution is -0.0371. The molecule has 0 spiro atoms. The largest absolute Gasteiger partial charge is 0.356 e. The zero-order valence-electron chi connectivity index (χ0n) is 9.07. The van der Waals surface area contributed by atoms with Gasteiger partial charge in [0.05, 0.1) is 10.4 Å². The summed E-state index contributed by atoms with van der Waals surface area (Å²) in [5.41, 5.74) is 0.774. The van der Waals surface area contributed by atoms with E-state index in [1.165, 1.54) is 0 Å². The van der Waals surface area contributed by atoms with Gasteiger partial charge < -0.3 is 4.74 Å². The molecule has 1 saturated heterocycles. The van der Waals surface area contributed by atoms with Crippen LogP contribution in [0, 0.1) is 0 Å². The molecule has 1 atom stereocenters. The molecule has 3 rings (SSSR count). The van der Waals surface area contributed by atoms with Crippen LogP contribution in [0.1, 0.15) is 25.5 Å². The number of pyridine rings is 1. The molecule has 2 aromatic rings. The molecule has 0 aromatic carbocycles. The fourth-order valence-corrected chi connectivity index (χ4v) is 3.01. The fraction of sp³-hybridized carbons (Fsp3) is 0.455.